The van der Waals surface area contributed by atoms with Gasteiger partial charge in [0, 0.05) is 18.0 Å². The quantitative estimate of drug-likeness (QED) is 0.435. The molecule has 1 saturated heterocycles. The van der Waals surface area contributed by atoms with Crippen LogP contribution in [0, 0.1) is 0 Å². The van der Waals surface area contributed by atoms with Crippen LogP contribution in [0.4, 0.5) is 11.6 Å². The van der Waals surface area contributed by atoms with Gasteiger partial charge in [-0.05, 0) is 48.9 Å². The Balaban J connectivity index is 1.51. The smallest absolute Gasteiger partial charge is 0.265 e. The van der Waals surface area contributed by atoms with Crippen molar-refractivity contribution in [2.45, 2.75) is 23.8 Å². The molecule has 3 aromatic rings. The maximum Gasteiger partial charge on any atom is 0.265 e. The molecule has 3 heterocycles. The largest absolute Gasteiger partial charge is 0.483 e. The van der Waals surface area contributed by atoms with Crippen molar-refractivity contribution in [3.63, 3.8) is 0 Å². The fourth-order valence-corrected chi connectivity index (χ4v) is 6.69. The number of likely N-dealkylation sites (tertiary alicyclic amines) is 1. The Morgan fingerprint density at radius 2 is 1.82 bits per heavy atom. The lowest BCUT2D eigenvalue weighted by Crippen LogP contribution is -2.49. The molecule has 38 heavy (non-hydrogen) atoms. The summed E-state index contributed by atoms with van der Waals surface area (Å²) in [5.41, 5.74) is 0.0605. The van der Waals surface area contributed by atoms with Gasteiger partial charge in [0.15, 0.2) is 11.6 Å². The van der Waals surface area contributed by atoms with Gasteiger partial charge in [0.1, 0.15) is 11.9 Å². The molecule has 0 unspecified atom stereocenters. The van der Waals surface area contributed by atoms with Crippen LogP contribution in [0.25, 0.3) is 0 Å². The lowest BCUT2D eigenvalue weighted by molar-refractivity contribution is -0.128. The number of fused-ring (bicyclic) bond motifs is 1. The van der Waals surface area contributed by atoms with E-state index in [1.54, 1.807) is 17.0 Å². The highest BCUT2D eigenvalue weighted by molar-refractivity contribution is 7.92. The maximum atomic E-state index is 13.8. The van der Waals surface area contributed by atoms with E-state index in [-0.39, 0.29) is 61.9 Å². The van der Waals surface area contributed by atoms with Crippen LogP contribution in [0.15, 0.2) is 59.5 Å². The Bertz CT molecular complexity index is 1510. The van der Waals surface area contributed by atoms with Gasteiger partial charge in [0.25, 0.3) is 15.9 Å². The summed E-state index contributed by atoms with van der Waals surface area (Å²) >= 11 is 18.4. The lowest BCUT2D eigenvalue weighted by Gasteiger charge is -2.36. The van der Waals surface area contributed by atoms with E-state index in [4.69, 9.17) is 39.5 Å². The molecule has 0 saturated carbocycles. The van der Waals surface area contributed by atoms with Gasteiger partial charge in [-0.3, -0.25) is 9.59 Å². The second-order valence-corrected chi connectivity index (χ2v) is 11.9. The lowest BCUT2D eigenvalue weighted by atomic mass is 10.2. The van der Waals surface area contributed by atoms with Crippen LogP contribution in [0.5, 0.6) is 5.75 Å². The average Bonchev–Trinajstić information content (AvgIpc) is 3.27. The summed E-state index contributed by atoms with van der Waals surface area (Å²) in [5, 5.41) is 3.18. The number of carbonyl (C=O) groups is 2. The van der Waals surface area contributed by atoms with Gasteiger partial charge < -0.3 is 15.0 Å². The van der Waals surface area contributed by atoms with Crippen molar-refractivity contribution in [2.24, 2.45) is 0 Å². The summed E-state index contributed by atoms with van der Waals surface area (Å²) in [5.74, 6) is -0.380. The van der Waals surface area contributed by atoms with Gasteiger partial charge in [-0.2, -0.15) is 0 Å². The predicted octanol–water partition coefficient (Wildman–Crippen LogP) is 4.87. The SMILES string of the molecule is O=C(Nc1ccc2c(n1)N(S(=O)(=O)c1cccc(Cl)c1)C[C@H](CN1CCCC1=O)O2)c1c(Cl)cccc1Cl. The Morgan fingerprint density at radius 1 is 1.08 bits per heavy atom. The van der Waals surface area contributed by atoms with Gasteiger partial charge in [-0.15, -0.1) is 0 Å². The first kappa shape index (κ1) is 26.6. The molecule has 198 valence electrons. The summed E-state index contributed by atoms with van der Waals surface area (Å²) in [4.78, 5) is 31.1. The monoisotopic (exact) mass is 594 g/mol. The number of carbonyl (C=O) groups excluding carboxylic acids is 2. The molecule has 2 aromatic carbocycles. The molecule has 1 N–H and O–H groups in total. The molecule has 2 aliphatic heterocycles. The van der Waals surface area contributed by atoms with E-state index < -0.39 is 22.0 Å². The molecule has 13 heteroatoms. The molecule has 0 aliphatic carbocycles. The molecule has 0 radical (unpaired) electrons. The van der Waals surface area contributed by atoms with Crippen molar-refractivity contribution >= 4 is 68.3 Å². The Kier molecular flexibility index (Phi) is 7.41. The first-order valence-corrected chi connectivity index (χ1v) is 14.2. The number of nitrogens with zero attached hydrogens (tertiary/aromatic N) is 3. The minimum atomic E-state index is -4.14. The highest BCUT2D eigenvalue weighted by Gasteiger charge is 2.38. The molecular weight excluding hydrogens is 575 g/mol. The minimum absolute atomic E-state index is 0.00179. The molecule has 1 fully saturated rings. The van der Waals surface area contributed by atoms with E-state index in [1.165, 1.54) is 42.5 Å². The maximum absolute atomic E-state index is 13.8. The summed E-state index contributed by atoms with van der Waals surface area (Å²) < 4.78 is 34.7. The number of benzene rings is 2. The fraction of sp³-hybridized carbons (Fsp3) is 0.240. The number of anilines is 2. The number of nitrogens with one attached hydrogen (secondary N) is 1. The predicted molar refractivity (Wildman–Crippen MR) is 145 cm³/mol. The standard InChI is InChI=1S/C25H21Cl3N4O5S/c26-15-4-1-5-17(12-15)38(35,36)32-14-16(13-31-11-3-8-22(31)33)37-20-9-10-21(29-24(20)32)30-25(34)23-18(27)6-2-7-19(23)28/h1-2,4-7,9-10,12,16H,3,8,11,13-14H2,(H,29,30,34)/t16-/m0/s1. The number of rotatable bonds is 6. The summed E-state index contributed by atoms with van der Waals surface area (Å²) in [7, 11) is -4.14. The number of amides is 2. The van der Waals surface area contributed by atoms with Crippen LogP contribution in [0.2, 0.25) is 15.1 Å². The molecule has 1 aromatic heterocycles. The normalized spacial score (nSPS) is 17.2. The minimum Gasteiger partial charge on any atom is -0.483 e. The van der Waals surface area contributed by atoms with E-state index in [0.29, 0.717) is 13.0 Å². The molecule has 0 bridgehead atoms. The van der Waals surface area contributed by atoms with E-state index in [1.807, 2.05) is 0 Å². The second-order valence-electron chi connectivity index (χ2n) is 8.75. The number of sulfonamides is 1. The summed E-state index contributed by atoms with van der Waals surface area (Å²) in [6, 6.07) is 13.6. The third kappa shape index (κ3) is 5.26. The zero-order valence-corrected chi connectivity index (χ0v) is 22.8. The van der Waals surface area contributed by atoms with Gasteiger partial charge in [0.05, 0.1) is 33.6 Å². The van der Waals surface area contributed by atoms with Crippen molar-refractivity contribution in [1.82, 2.24) is 9.88 Å². The first-order chi connectivity index (χ1) is 18.1. The van der Waals surface area contributed by atoms with E-state index in [2.05, 4.69) is 10.3 Å². The van der Waals surface area contributed by atoms with Crippen LogP contribution in [0.1, 0.15) is 23.2 Å². The van der Waals surface area contributed by atoms with E-state index in [9.17, 15) is 18.0 Å². The molecule has 9 nitrogen and oxygen atoms in total. The van der Waals surface area contributed by atoms with Crippen LogP contribution in [0.3, 0.4) is 0 Å². The van der Waals surface area contributed by atoms with Gasteiger partial charge in [-0.25, -0.2) is 17.7 Å². The van der Waals surface area contributed by atoms with Gasteiger partial charge >= 0.3 is 0 Å². The highest BCUT2D eigenvalue weighted by Crippen LogP contribution is 2.37. The third-order valence-electron chi connectivity index (χ3n) is 6.15. The van der Waals surface area contributed by atoms with Crippen molar-refractivity contribution in [3.05, 3.63) is 75.2 Å². The van der Waals surface area contributed by atoms with Gasteiger partial charge in [-0.1, -0.05) is 46.9 Å². The van der Waals surface area contributed by atoms with Crippen molar-refractivity contribution in [1.29, 1.82) is 0 Å². The molecule has 1 atom stereocenters. The van der Waals surface area contributed by atoms with Crippen LogP contribution < -0.4 is 14.4 Å². The number of halogens is 3. The Labute approximate surface area is 234 Å². The summed E-state index contributed by atoms with van der Waals surface area (Å²) in [6.45, 7) is 0.704. The van der Waals surface area contributed by atoms with Crippen LogP contribution in [-0.2, 0) is 14.8 Å². The number of pyridine rings is 1. The van der Waals surface area contributed by atoms with Crippen LogP contribution >= 0.6 is 34.8 Å². The average molecular weight is 596 g/mol. The third-order valence-corrected chi connectivity index (χ3v) is 8.77. The zero-order valence-electron chi connectivity index (χ0n) is 19.7. The molecular formula is C25H21Cl3N4O5S. The topological polar surface area (TPSA) is 109 Å². The second kappa shape index (κ2) is 10.6. The Hall–Kier alpha value is -3.05. The Morgan fingerprint density at radius 3 is 2.50 bits per heavy atom. The number of aromatic nitrogens is 1. The zero-order chi connectivity index (χ0) is 27.0. The number of hydrogen-bond acceptors (Lipinski definition) is 6. The van der Waals surface area contributed by atoms with Crippen LogP contribution in [-0.4, -0.2) is 55.9 Å². The molecule has 5 rings (SSSR count). The van der Waals surface area contributed by atoms with E-state index in [0.717, 1.165) is 10.7 Å². The molecule has 0 spiro atoms. The van der Waals surface area contributed by atoms with Crippen molar-refractivity contribution in [2.75, 3.05) is 29.3 Å². The first-order valence-electron chi connectivity index (χ1n) is 11.6. The molecule has 2 amide bonds. The number of hydrogen-bond donors (Lipinski definition) is 1. The van der Waals surface area contributed by atoms with E-state index >= 15 is 0 Å². The van der Waals surface area contributed by atoms with Crippen molar-refractivity contribution in [3.8, 4) is 5.75 Å². The summed E-state index contributed by atoms with van der Waals surface area (Å²) in [6.07, 6.45) is 0.559. The highest BCUT2D eigenvalue weighted by atomic mass is 35.5. The van der Waals surface area contributed by atoms with Crippen molar-refractivity contribution < 1.29 is 22.7 Å². The van der Waals surface area contributed by atoms with Gasteiger partial charge in [0.2, 0.25) is 5.91 Å². The molecule has 2 aliphatic rings. The number of ether oxygens (including phenoxy) is 1. The fourth-order valence-electron chi connectivity index (χ4n) is 4.36.